The van der Waals surface area contributed by atoms with Crippen LogP contribution in [0.3, 0.4) is 0 Å². The van der Waals surface area contributed by atoms with Gasteiger partial charge in [-0.15, -0.1) is 10.2 Å². The molecule has 0 aliphatic carbocycles. The predicted molar refractivity (Wildman–Crippen MR) is 124 cm³/mol. The van der Waals surface area contributed by atoms with Gasteiger partial charge in [0.05, 0.1) is 10.7 Å². The lowest BCUT2D eigenvalue weighted by molar-refractivity contribution is -0.384. The van der Waals surface area contributed by atoms with Crippen molar-refractivity contribution >= 4 is 29.0 Å². The summed E-state index contributed by atoms with van der Waals surface area (Å²) in [7, 11) is 4.05. The van der Waals surface area contributed by atoms with E-state index in [0.29, 0.717) is 23.0 Å². The molecule has 0 radical (unpaired) electrons. The number of nitrogens with one attached hydrogen (secondary N) is 1. The number of pyridine rings is 1. The maximum absolute atomic E-state index is 12.5. The van der Waals surface area contributed by atoms with Gasteiger partial charge >= 0.3 is 0 Å². The average Bonchev–Trinajstić information content (AvgIpc) is 3.16. The number of hydrogen-bond acceptors (Lipinski definition) is 8. The van der Waals surface area contributed by atoms with E-state index in [0.717, 1.165) is 24.4 Å². The molecule has 1 aromatic carbocycles. The number of non-ortho nitro benzene ring substituents is 1. The van der Waals surface area contributed by atoms with Crippen LogP contribution in [0.25, 0.3) is 11.4 Å². The second kappa shape index (κ2) is 10.8. The van der Waals surface area contributed by atoms with E-state index in [2.05, 4.69) is 25.4 Å². The highest BCUT2D eigenvalue weighted by molar-refractivity contribution is 7.99. The monoisotopic (exact) mass is 455 g/mol. The number of nitro benzene ring substituents is 1. The van der Waals surface area contributed by atoms with Gasteiger partial charge in [-0.05, 0) is 57.7 Å². The third-order valence-corrected chi connectivity index (χ3v) is 5.64. The Labute approximate surface area is 190 Å². The van der Waals surface area contributed by atoms with Gasteiger partial charge in [0.1, 0.15) is 0 Å². The largest absolute Gasteiger partial charge is 0.325 e. The molecule has 2 heterocycles. The Morgan fingerprint density at radius 1 is 1.22 bits per heavy atom. The smallest absolute Gasteiger partial charge is 0.269 e. The van der Waals surface area contributed by atoms with Crippen LogP contribution < -0.4 is 5.32 Å². The summed E-state index contributed by atoms with van der Waals surface area (Å²) in [5.41, 5.74) is 2.08. The molecule has 0 spiro atoms. The number of amides is 1. The molecule has 3 rings (SSSR count). The average molecular weight is 456 g/mol. The molecule has 1 amide bonds. The van der Waals surface area contributed by atoms with Gasteiger partial charge < -0.3 is 14.8 Å². The Hall–Kier alpha value is -3.31. The van der Waals surface area contributed by atoms with Gasteiger partial charge in [-0.1, -0.05) is 11.8 Å². The van der Waals surface area contributed by atoms with Crippen molar-refractivity contribution in [2.24, 2.45) is 0 Å². The van der Waals surface area contributed by atoms with Gasteiger partial charge in [0.15, 0.2) is 11.0 Å². The third kappa shape index (κ3) is 6.11. The van der Waals surface area contributed by atoms with Crippen LogP contribution in [0.5, 0.6) is 0 Å². The zero-order valence-electron chi connectivity index (χ0n) is 18.2. The Bertz CT molecular complexity index is 1090. The molecular weight excluding hydrogens is 430 g/mol. The van der Waals surface area contributed by atoms with Gasteiger partial charge in [0, 0.05) is 42.3 Å². The van der Waals surface area contributed by atoms with Crippen molar-refractivity contribution in [2.45, 2.75) is 25.0 Å². The number of anilines is 1. The number of carbonyl (C=O) groups excluding carboxylic acids is 1. The minimum atomic E-state index is -0.460. The van der Waals surface area contributed by atoms with Crippen LogP contribution in [-0.2, 0) is 11.3 Å². The SMILES string of the molecule is Cc1cc([N+](=O)[O-])ccc1NC(=O)CSc1nnc(-c2ccncc2)n1CCCN(C)C. The molecule has 0 atom stereocenters. The first kappa shape index (κ1) is 23.4. The van der Waals surface area contributed by atoms with E-state index in [4.69, 9.17) is 0 Å². The molecule has 0 unspecified atom stereocenters. The highest BCUT2D eigenvalue weighted by Gasteiger charge is 2.16. The lowest BCUT2D eigenvalue weighted by Crippen LogP contribution is -2.17. The summed E-state index contributed by atoms with van der Waals surface area (Å²) >= 11 is 1.30. The van der Waals surface area contributed by atoms with Crippen LogP contribution >= 0.6 is 11.8 Å². The van der Waals surface area contributed by atoms with E-state index in [-0.39, 0.29) is 17.3 Å². The summed E-state index contributed by atoms with van der Waals surface area (Å²) in [5.74, 6) is 0.652. The second-order valence-corrected chi connectivity index (χ2v) is 8.39. The van der Waals surface area contributed by atoms with Crippen molar-refractivity contribution in [3.63, 3.8) is 0 Å². The fourth-order valence-corrected chi connectivity index (χ4v) is 3.84. The summed E-state index contributed by atoms with van der Waals surface area (Å²) in [6.07, 6.45) is 4.33. The molecule has 0 bridgehead atoms. The number of benzene rings is 1. The number of nitrogens with zero attached hydrogens (tertiary/aromatic N) is 6. The summed E-state index contributed by atoms with van der Waals surface area (Å²) < 4.78 is 2.02. The van der Waals surface area contributed by atoms with Gasteiger partial charge in [-0.3, -0.25) is 19.9 Å². The maximum atomic E-state index is 12.5. The highest BCUT2D eigenvalue weighted by Crippen LogP contribution is 2.25. The molecule has 0 saturated heterocycles. The van der Waals surface area contributed by atoms with Gasteiger partial charge in [-0.2, -0.15) is 0 Å². The first-order valence-electron chi connectivity index (χ1n) is 10.0. The van der Waals surface area contributed by atoms with Crippen molar-refractivity contribution in [1.29, 1.82) is 0 Å². The van der Waals surface area contributed by atoms with Gasteiger partial charge in [-0.25, -0.2) is 0 Å². The zero-order valence-corrected chi connectivity index (χ0v) is 19.0. The van der Waals surface area contributed by atoms with Crippen molar-refractivity contribution in [3.8, 4) is 11.4 Å². The number of aromatic nitrogens is 4. The van der Waals surface area contributed by atoms with E-state index < -0.39 is 4.92 Å². The van der Waals surface area contributed by atoms with Crippen LogP contribution in [0.4, 0.5) is 11.4 Å². The van der Waals surface area contributed by atoms with E-state index in [9.17, 15) is 14.9 Å². The van der Waals surface area contributed by atoms with Gasteiger partial charge in [0.2, 0.25) is 5.91 Å². The number of aryl methyl sites for hydroxylation is 1. The number of carbonyl (C=O) groups is 1. The predicted octanol–water partition coefficient (Wildman–Crippen LogP) is 3.24. The van der Waals surface area contributed by atoms with Crippen molar-refractivity contribution in [2.75, 3.05) is 31.7 Å². The summed E-state index contributed by atoms with van der Waals surface area (Å²) in [5, 5.41) is 23.0. The van der Waals surface area contributed by atoms with Crippen molar-refractivity contribution < 1.29 is 9.72 Å². The summed E-state index contributed by atoms with van der Waals surface area (Å²) in [6, 6.07) is 8.11. The van der Waals surface area contributed by atoms with E-state index >= 15 is 0 Å². The quantitative estimate of drug-likeness (QED) is 0.281. The summed E-state index contributed by atoms with van der Waals surface area (Å²) in [4.78, 5) is 29.1. The Morgan fingerprint density at radius 2 is 1.97 bits per heavy atom. The van der Waals surface area contributed by atoms with E-state index in [1.807, 2.05) is 30.8 Å². The fraction of sp³-hybridized carbons (Fsp3) is 0.333. The molecule has 0 fully saturated rings. The lowest BCUT2D eigenvalue weighted by Gasteiger charge is -2.13. The molecule has 0 saturated carbocycles. The molecule has 32 heavy (non-hydrogen) atoms. The lowest BCUT2D eigenvalue weighted by atomic mass is 10.2. The van der Waals surface area contributed by atoms with Crippen LogP contribution in [0, 0.1) is 17.0 Å². The molecule has 0 aliphatic heterocycles. The number of nitro groups is 1. The second-order valence-electron chi connectivity index (χ2n) is 7.44. The van der Waals surface area contributed by atoms with E-state index in [1.54, 1.807) is 25.4 Å². The van der Waals surface area contributed by atoms with Crippen LogP contribution in [0.2, 0.25) is 0 Å². The molecule has 3 aromatic rings. The minimum absolute atomic E-state index is 0.00987. The van der Waals surface area contributed by atoms with Crippen LogP contribution in [0.15, 0.2) is 47.9 Å². The fourth-order valence-electron chi connectivity index (χ4n) is 3.07. The van der Waals surface area contributed by atoms with Crippen LogP contribution in [-0.4, -0.2) is 61.9 Å². The first-order chi connectivity index (χ1) is 15.3. The molecule has 2 aromatic heterocycles. The Morgan fingerprint density at radius 3 is 2.62 bits per heavy atom. The number of thioether (sulfide) groups is 1. The van der Waals surface area contributed by atoms with Crippen LogP contribution in [0.1, 0.15) is 12.0 Å². The van der Waals surface area contributed by atoms with Crippen molar-refractivity contribution in [3.05, 3.63) is 58.4 Å². The van der Waals surface area contributed by atoms with Crippen molar-refractivity contribution in [1.82, 2.24) is 24.6 Å². The molecular formula is C21H25N7O3S. The van der Waals surface area contributed by atoms with E-state index in [1.165, 1.54) is 23.9 Å². The zero-order chi connectivity index (χ0) is 23.1. The third-order valence-electron chi connectivity index (χ3n) is 4.67. The highest BCUT2D eigenvalue weighted by atomic mass is 32.2. The molecule has 1 N–H and O–H groups in total. The first-order valence-corrected chi connectivity index (χ1v) is 11.0. The molecule has 10 nitrogen and oxygen atoms in total. The number of hydrogen-bond donors (Lipinski definition) is 1. The topological polar surface area (TPSA) is 119 Å². The maximum Gasteiger partial charge on any atom is 0.269 e. The molecule has 0 aliphatic rings. The Kier molecular flexibility index (Phi) is 7.90. The summed E-state index contributed by atoms with van der Waals surface area (Å²) in [6.45, 7) is 3.35. The molecule has 168 valence electrons. The Balaban J connectivity index is 1.70. The standard InChI is InChI=1S/C21H25N7O3S/c1-15-13-17(28(30)31)5-6-18(15)23-19(29)14-32-21-25-24-20(16-7-9-22-10-8-16)27(21)12-4-11-26(2)3/h5-10,13H,4,11-12,14H2,1-3H3,(H,23,29). The van der Waals surface area contributed by atoms with Gasteiger partial charge in [0.25, 0.3) is 5.69 Å². The minimum Gasteiger partial charge on any atom is -0.325 e. The molecule has 11 heteroatoms. The normalized spacial score (nSPS) is 11.0. The number of rotatable bonds is 10.